The maximum absolute atomic E-state index is 5.35. The molecular formula is C15H15N3O2. The third-order valence-corrected chi connectivity index (χ3v) is 2.97. The first-order valence-corrected chi connectivity index (χ1v) is 6.30. The predicted octanol–water partition coefficient (Wildman–Crippen LogP) is 3.23. The first kappa shape index (κ1) is 12.3. The second kappa shape index (κ2) is 5.52. The van der Waals surface area contributed by atoms with Gasteiger partial charge in [0.2, 0.25) is 0 Å². The van der Waals surface area contributed by atoms with E-state index in [0.29, 0.717) is 6.54 Å². The molecule has 5 heteroatoms. The topological polar surface area (TPSA) is 66.3 Å². The molecular weight excluding hydrogens is 254 g/mol. The second-order valence-electron chi connectivity index (χ2n) is 4.30. The summed E-state index contributed by atoms with van der Waals surface area (Å²) in [5.41, 5.74) is 2.81. The van der Waals surface area contributed by atoms with Crippen LogP contribution in [0.15, 0.2) is 52.2 Å². The number of methoxy groups -OCH3 is 1. The van der Waals surface area contributed by atoms with Crippen molar-refractivity contribution < 1.29 is 9.15 Å². The Balaban J connectivity index is 1.80. The monoisotopic (exact) mass is 269 g/mol. The van der Waals surface area contributed by atoms with E-state index >= 15 is 0 Å². The first-order valence-electron chi connectivity index (χ1n) is 6.30. The quantitative estimate of drug-likeness (QED) is 0.698. The Labute approximate surface area is 116 Å². The second-order valence-corrected chi connectivity index (χ2v) is 4.30. The van der Waals surface area contributed by atoms with Crippen LogP contribution in [0, 0.1) is 0 Å². The van der Waals surface area contributed by atoms with Crippen molar-refractivity contribution >= 4 is 6.21 Å². The maximum Gasteiger partial charge on any atom is 0.146 e. The summed E-state index contributed by atoms with van der Waals surface area (Å²) in [6, 6.07) is 9.64. The number of rotatable bonds is 5. The van der Waals surface area contributed by atoms with E-state index in [4.69, 9.17) is 9.15 Å². The number of hydrogen-bond acceptors (Lipinski definition) is 3. The molecule has 0 atom stereocenters. The van der Waals surface area contributed by atoms with Gasteiger partial charge in [-0.2, -0.15) is 0 Å². The van der Waals surface area contributed by atoms with E-state index < -0.39 is 0 Å². The first-order chi connectivity index (χ1) is 9.86. The third kappa shape index (κ3) is 2.51. The molecule has 0 radical (unpaired) electrons. The van der Waals surface area contributed by atoms with Crippen molar-refractivity contribution in [1.29, 1.82) is 0 Å². The summed E-state index contributed by atoms with van der Waals surface area (Å²) >= 11 is 0. The van der Waals surface area contributed by atoms with Crippen molar-refractivity contribution in [1.82, 2.24) is 9.97 Å². The highest BCUT2D eigenvalue weighted by Crippen LogP contribution is 2.25. The minimum Gasteiger partial charge on any atom is -0.494 e. The number of furan rings is 1. The van der Waals surface area contributed by atoms with Crippen LogP contribution in [0.25, 0.3) is 11.4 Å². The van der Waals surface area contributed by atoms with Crippen molar-refractivity contribution in [2.45, 2.75) is 6.54 Å². The van der Waals surface area contributed by atoms with E-state index in [9.17, 15) is 0 Å². The molecule has 0 amide bonds. The van der Waals surface area contributed by atoms with Crippen molar-refractivity contribution in [2.75, 3.05) is 7.11 Å². The number of H-pyrrole nitrogens is 2. The number of hydrogen-bond donors (Lipinski definition) is 2. The van der Waals surface area contributed by atoms with Crippen LogP contribution in [0.3, 0.4) is 0 Å². The van der Waals surface area contributed by atoms with Crippen molar-refractivity contribution in [3.05, 3.63) is 54.2 Å². The Morgan fingerprint density at radius 2 is 2.25 bits per heavy atom. The third-order valence-electron chi connectivity index (χ3n) is 2.97. The molecule has 0 aromatic carbocycles. The molecule has 20 heavy (non-hydrogen) atoms. The molecule has 3 aromatic heterocycles. The molecule has 0 spiro atoms. The molecule has 0 bridgehead atoms. The summed E-state index contributed by atoms with van der Waals surface area (Å²) in [4.78, 5) is 10.8. The molecule has 0 fully saturated rings. The van der Waals surface area contributed by atoms with Crippen molar-refractivity contribution in [2.24, 2.45) is 4.99 Å². The smallest absolute Gasteiger partial charge is 0.146 e. The van der Waals surface area contributed by atoms with Gasteiger partial charge in [0.05, 0.1) is 37.0 Å². The van der Waals surface area contributed by atoms with Gasteiger partial charge < -0.3 is 19.1 Å². The number of ether oxygens (including phenoxy) is 1. The summed E-state index contributed by atoms with van der Waals surface area (Å²) in [6.07, 6.45) is 5.28. The molecule has 0 unspecified atom stereocenters. The normalized spacial score (nSPS) is 11.2. The fourth-order valence-corrected chi connectivity index (χ4v) is 1.99. The molecule has 5 nitrogen and oxygen atoms in total. The summed E-state index contributed by atoms with van der Waals surface area (Å²) in [6.45, 7) is 0.507. The molecule has 0 aliphatic rings. The van der Waals surface area contributed by atoms with Crippen LogP contribution in [-0.4, -0.2) is 23.3 Å². The molecule has 3 heterocycles. The molecule has 3 aromatic rings. The van der Waals surface area contributed by atoms with E-state index in [-0.39, 0.29) is 0 Å². The Kier molecular flexibility index (Phi) is 3.41. The Hall–Kier alpha value is -2.69. The van der Waals surface area contributed by atoms with E-state index in [1.807, 2.05) is 36.5 Å². The van der Waals surface area contributed by atoms with Crippen LogP contribution in [0.2, 0.25) is 0 Å². The molecule has 3 rings (SSSR count). The Morgan fingerprint density at radius 3 is 2.95 bits per heavy atom. The number of nitrogens with zero attached hydrogens (tertiary/aromatic N) is 1. The zero-order chi connectivity index (χ0) is 13.8. The van der Waals surface area contributed by atoms with Crippen LogP contribution >= 0.6 is 0 Å². The molecule has 102 valence electrons. The molecule has 0 aliphatic carbocycles. The van der Waals surface area contributed by atoms with Gasteiger partial charge in [-0.3, -0.25) is 4.99 Å². The molecule has 0 saturated heterocycles. The van der Waals surface area contributed by atoms with Gasteiger partial charge in [0.25, 0.3) is 0 Å². The highest BCUT2D eigenvalue weighted by atomic mass is 16.5. The van der Waals surface area contributed by atoms with Crippen molar-refractivity contribution in [3.8, 4) is 17.1 Å². The lowest BCUT2D eigenvalue weighted by molar-refractivity contribution is 0.415. The standard InChI is InChI=1S/C15H15N3O2/c1-19-15-8-13(12-5-2-6-17-12)18-14(15)10-16-9-11-4-3-7-20-11/h2-8,10,17-18H,9H2,1H3. The van der Waals surface area contributed by atoms with E-state index in [1.165, 1.54) is 0 Å². The minimum atomic E-state index is 0.507. The van der Waals surface area contributed by atoms with Crippen LogP contribution in [-0.2, 0) is 6.54 Å². The lowest BCUT2D eigenvalue weighted by Crippen LogP contribution is -1.89. The molecule has 2 N–H and O–H groups in total. The maximum atomic E-state index is 5.35. The summed E-state index contributed by atoms with van der Waals surface area (Å²) < 4.78 is 10.6. The lowest BCUT2D eigenvalue weighted by atomic mass is 10.3. The van der Waals surface area contributed by atoms with E-state index in [2.05, 4.69) is 15.0 Å². The summed E-state index contributed by atoms with van der Waals surface area (Å²) in [5, 5.41) is 0. The average Bonchev–Trinajstić information content (AvgIpc) is 3.20. The van der Waals surface area contributed by atoms with E-state index in [0.717, 1.165) is 28.6 Å². The van der Waals surface area contributed by atoms with Crippen LogP contribution in [0.4, 0.5) is 0 Å². The fraction of sp³-hybridized carbons (Fsp3) is 0.133. The molecule has 0 aliphatic heterocycles. The van der Waals surface area contributed by atoms with Gasteiger partial charge in [0.15, 0.2) is 0 Å². The van der Waals surface area contributed by atoms with E-state index in [1.54, 1.807) is 19.6 Å². The lowest BCUT2D eigenvalue weighted by Gasteiger charge is -1.95. The zero-order valence-electron chi connectivity index (χ0n) is 11.1. The number of aliphatic imine (C=N–C) groups is 1. The Bertz CT molecular complexity index is 679. The van der Waals surface area contributed by atoms with Gasteiger partial charge in [-0.1, -0.05) is 0 Å². The van der Waals surface area contributed by atoms with Crippen LogP contribution in [0.1, 0.15) is 11.5 Å². The fourth-order valence-electron chi connectivity index (χ4n) is 1.99. The highest BCUT2D eigenvalue weighted by Gasteiger charge is 2.08. The van der Waals surface area contributed by atoms with Gasteiger partial charge in [-0.05, 0) is 24.3 Å². The highest BCUT2D eigenvalue weighted by molar-refractivity contribution is 5.83. The van der Waals surface area contributed by atoms with Gasteiger partial charge in [-0.15, -0.1) is 0 Å². The van der Waals surface area contributed by atoms with Gasteiger partial charge >= 0.3 is 0 Å². The predicted molar refractivity (Wildman–Crippen MR) is 77.1 cm³/mol. The number of nitrogens with one attached hydrogen (secondary N) is 2. The Morgan fingerprint density at radius 1 is 1.30 bits per heavy atom. The van der Waals surface area contributed by atoms with Crippen LogP contribution < -0.4 is 4.74 Å². The molecule has 0 saturated carbocycles. The zero-order valence-corrected chi connectivity index (χ0v) is 11.1. The van der Waals surface area contributed by atoms with Crippen molar-refractivity contribution in [3.63, 3.8) is 0 Å². The summed E-state index contributed by atoms with van der Waals surface area (Å²) in [5.74, 6) is 1.59. The summed E-state index contributed by atoms with van der Waals surface area (Å²) in [7, 11) is 1.64. The van der Waals surface area contributed by atoms with Gasteiger partial charge in [0.1, 0.15) is 11.5 Å². The number of aromatic amines is 2. The SMILES string of the molecule is COc1cc(-c2ccc[nH]2)[nH]c1C=NCc1ccco1. The minimum absolute atomic E-state index is 0.507. The number of aromatic nitrogens is 2. The largest absolute Gasteiger partial charge is 0.494 e. The average molecular weight is 269 g/mol. The van der Waals surface area contributed by atoms with Gasteiger partial charge in [-0.25, -0.2) is 0 Å². The van der Waals surface area contributed by atoms with Crippen LogP contribution in [0.5, 0.6) is 5.75 Å². The van der Waals surface area contributed by atoms with Gasteiger partial charge in [0, 0.05) is 18.5 Å².